The van der Waals surface area contributed by atoms with Crippen LogP contribution in [-0.4, -0.2) is 269 Å². The van der Waals surface area contributed by atoms with Gasteiger partial charge in [-0.05, 0) is 19.3 Å². The van der Waals surface area contributed by atoms with Gasteiger partial charge in [0.25, 0.3) is 5.79 Å². The zero-order valence-electron chi connectivity index (χ0n) is 57.1. The van der Waals surface area contributed by atoms with Gasteiger partial charge in [-0.1, -0.05) is 180 Å². The fourth-order valence-electron chi connectivity index (χ4n) is 12.8. The highest BCUT2D eigenvalue weighted by Gasteiger charge is 2.61. The van der Waals surface area contributed by atoms with E-state index in [0.29, 0.717) is 12.8 Å². The summed E-state index contributed by atoms with van der Waals surface area (Å²) in [5.41, 5.74) is 0. The van der Waals surface area contributed by atoms with Crippen LogP contribution in [0.2, 0.25) is 0 Å². The van der Waals surface area contributed by atoms with E-state index in [1.807, 2.05) is 6.08 Å². The molecule has 0 spiro atoms. The summed E-state index contributed by atoms with van der Waals surface area (Å²) in [6.45, 7) is 1.73. The molecule has 0 aromatic heterocycles. The molecule has 1 unspecified atom stereocenters. The Balaban J connectivity index is 1.54. The average molecular weight is 1380 g/mol. The van der Waals surface area contributed by atoms with Gasteiger partial charge in [0.15, 0.2) is 18.9 Å². The molecule has 0 aliphatic carbocycles. The number of ether oxygens (including phenoxy) is 8. The Morgan fingerprint density at radius 2 is 1.01 bits per heavy atom. The lowest BCUT2D eigenvalue weighted by Gasteiger charge is -2.52. The number of carbonyl (C=O) groups is 4. The van der Waals surface area contributed by atoms with Crippen LogP contribution in [0.5, 0.6) is 0 Å². The first-order valence-electron chi connectivity index (χ1n) is 35.6. The second-order valence-corrected chi connectivity index (χ2v) is 26.5. The van der Waals surface area contributed by atoms with E-state index in [2.05, 4.69) is 29.8 Å². The van der Waals surface area contributed by atoms with Crippen LogP contribution < -0.4 is 16.0 Å². The molecule has 0 aromatic rings. The highest BCUT2D eigenvalue weighted by atomic mass is 16.8. The number of hydrogen-bond donors (Lipinski definition) is 17. The molecule has 0 bridgehead atoms. The van der Waals surface area contributed by atoms with Crippen molar-refractivity contribution >= 4 is 23.7 Å². The van der Waals surface area contributed by atoms with Crippen LogP contribution in [-0.2, 0) is 57.1 Å². The van der Waals surface area contributed by atoms with Crippen molar-refractivity contribution in [3.8, 4) is 0 Å². The van der Waals surface area contributed by atoms with E-state index in [1.54, 1.807) is 6.08 Å². The van der Waals surface area contributed by atoms with Crippen molar-refractivity contribution in [2.24, 2.45) is 0 Å². The second-order valence-electron chi connectivity index (χ2n) is 26.5. The standard InChI is InChI=1S/C67H121N3O26/c1-5-7-9-11-13-15-17-19-20-22-24-26-28-30-32-34-50(80)70-43(44(77)33-31-29-27-25-23-21-18-16-14-12-10-8-6-2)40-89-64-57(85)56(84)59(48(38-73)91-64)93-65-58(86)62(60(49(39-74)92-65)94-63-52(69-42(4)76)55(83)54(82)47(37-72)90-63)96-67(66(87)88)35-45(78)51(68-41(3)75)61(95-67)53(81)46(79)36-71/h31,33,43-49,51-65,71-74,77-79,81-86H,5-30,32,34-40H2,1-4H3,(H,68,75)(H,69,76)(H,70,80)(H,87,88)/t43-,44+,45-,46+,47+,48+,49+,51+,52+,53+,54-,55+,56+,57+,58+,59+,60-,61?,62+,63-,64+,65-,67-/m0/s1. The second kappa shape index (κ2) is 46.3. The topological polar surface area (TPSA) is 461 Å². The minimum Gasteiger partial charge on any atom is -0.477 e. The predicted molar refractivity (Wildman–Crippen MR) is 346 cm³/mol. The Labute approximate surface area is 565 Å². The minimum atomic E-state index is -3.28. The van der Waals surface area contributed by atoms with Crippen LogP contribution in [0, 0.1) is 0 Å². The molecule has 23 atom stereocenters. The number of carbonyl (C=O) groups excluding carboxylic acids is 3. The van der Waals surface area contributed by atoms with Gasteiger partial charge in [0.05, 0.1) is 57.3 Å². The number of hydrogen-bond acceptors (Lipinski definition) is 25. The number of carboxylic acids is 1. The highest BCUT2D eigenvalue weighted by Crippen LogP contribution is 2.40. The van der Waals surface area contributed by atoms with E-state index in [-0.39, 0.29) is 12.3 Å². The minimum absolute atomic E-state index is 0.162. The van der Waals surface area contributed by atoms with Crippen molar-refractivity contribution in [3.63, 3.8) is 0 Å². The monoisotopic (exact) mass is 1380 g/mol. The van der Waals surface area contributed by atoms with Crippen LogP contribution in [0.1, 0.15) is 214 Å². The number of carboxylic acid groups (broad SMARTS) is 1. The molecule has 4 aliphatic rings. The molecule has 0 aromatic carbocycles. The SMILES string of the molecule is CCCCCCCCCCCCCC=C[C@@H](O)[C@H](CO[C@@H]1O[C@H](CO)[C@@H](O[C@@H]2O[C@H](CO)[C@H](O[C@@H]3O[C@H](CO)[C@H](O)[C@H](O)[C@H]3NC(C)=O)[C@H](O[C@]3(C(=O)O)C[C@H](O)[C@@H](NC(C)=O)C([C@H](O)[C@H](O)CO)O3)[C@H]2O)[C@H](O)[C@H]1O)NC(=O)CCCCCCCCCCCCCCCCC. The van der Waals surface area contributed by atoms with Gasteiger partial charge in [-0.3, -0.25) is 14.4 Å². The van der Waals surface area contributed by atoms with E-state index < -0.39 is 198 Å². The maximum absolute atomic E-state index is 13.6. The van der Waals surface area contributed by atoms with Gasteiger partial charge in [0.1, 0.15) is 91.5 Å². The molecule has 29 heteroatoms. The molecule has 4 rings (SSSR count). The molecule has 3 amide bonds. The first-order valence-corrected chi connectivity index (χ1v) is 35.6. The fraction of sp³-hybridized carbons (Fsp3) is 0.910. The molecule has 4 fully saturated rings. The van der Waals surface area contributed by atoms with Crippen LogP contribution >= 0.6 is 0 Å². The molecule has 29 nitrogen and oxygen atoms in total. The maximum Gasteiger partial charge on any atom is 0.364 e. The molecule has 4 aliphatic heterocycles. The summed E-state index contributed by atoms with van der Waals surface area (Å²) in [4.78, 5) is 51.9. The molecule has 0 radical (unpaired) electrons. The summed E-state index contributed by atoms with van der Waals surface area (Å²) in [6.07, 6.45) is -4.64. The van der Waals surface area contributed by atoms with Crippen LogP contribution in [0.4, 0.5) is 0 Å². The number of aliphatic carboxylic acids is 1. The number of nitrogens with one attached hydrogen (secondary N) is 3. The Morgan fingerprint density at radius 1 is 0.542 bits per heavy atom. The number of amides is 3. The molecular weight excluding hydrogens is 1260 g/mol. The Bertz CT molecular complexity index is 2180. The molecule has 560 valence electrons. The van der Waals surface area contributed by atoms with Crippen molar-refractivity contribution in [2.45, 2.75) is 354 Å². The van der Waals surface area contributed by atoms with Crippen LogP contribution in [0.3, 0.4) is 0 Å². The third kappa shape index (κ3) is 27.6. The van der Waals surface area contributed by atoms with E-state index in [0.717, 1.165) is 65.2 Å². The van der Waals surface area contributed by atoms with Gasteiger partial charge in [-0.2, -0.15) is 0 Å². The number of allylic oxidation sites excluding steroid dienone is 1. The van der Waals surface area contributed by atoms with Gasteiger partial charge < -0.3 is 125 Å². The van der Waals surface area contributed by atoms with Crippen molar-refractivity contribution in [2.75, 3.05) is 33.0 Å². The number of aliphatic hydroxyl groups excluding tert-OH is 13. The zero-order valence-corrected chi connectivity index (χ0v) is 57.1. The van der Waals surface area contributed by atoms with Crippen molar-refractivity contribution < 1.29 is 129 Å². The number of rotatable bonds is 49. The lowest BCUT2D eigenvalue weighted by Crippen LogP contribution is -2.72. The Morgan fingerprint density at radius 3 is 1.51 bits per heavy atom. The third-order valence-corrected chi connectivity index (χ3v) is 18.5. The zero-order chi connectivity index (χ0) is 70.7. The number of aliphatic hydroxyl groups is 13. The first-order chi connectivity index (χ1) is 46.0. The molecular formula is C67H121N3O26. The summed E-state index contributed by atoms with van der Waals surface area (Å²) < 4.78 is 47.9. The molecule has 4 saturated heterocycles. The molecule has 0 saturated carbocycles. The van der Waals surface area contributed by atoms with Gasteiger partial charge in [0, 0.05) is 26.7 Å². The van der Waals surface area contributed by atoms with E-state index >= 15 is 0 Å². The van der Waals surface area contributed by atoms with E-state index in [9.17, 15) is 90.7 Å². The first kappa shape index (κ1) is 85.2. The molecule has 4 heterocycles. The smallest absolute Gasteiger partial charge is 0.364 e. The Kier molecular flexibility index (Phi) is 41.1. The average Bonchev–Trinajstić information content (AvgIpc) is 0.761. The highest BCUT2D eigenvalue weighted by molar-refractivity contribution is 5.77. The van der Waals surface area contributed by atoms with Crippen LogP contribution in [0.15, 0.2) is 12.2 Å². The molecule has 17 N–H and O–H groups in total. The number of unbranched alkanes of at least 4 members (excludes halogenated alkanes) is 25. The summed E-state index contributed by atoms with van der Waals surface area (Å²) in [7, 11) is 0. The van der Waals surface area contributed by atoms with E-state index in [1.165, 1.54) is 109 Å². The summed E-state index contributed by atoms with van der Waals surface area (Å²) in [6, 6.07) is -4.52. The summed E-state index contributed by atoms with van der Waals surface area (Å²) in [5, 5.41) is 163. The van der Waals surface area contributed by atoms with Crippen LogP contribution in [0.25, 0.3) is 0 Å². The van der Waals surface area contributed by atoms with Gasteiger partial charge >= 0.3 is 5.97 Å². The van der Waals surface area contributed by atoms with Gasteiger partial charge in [-0.25, -0.2) is 4.79 Å². The normalized spacial score (nSPS) is 32.3. The summed E-state index contributed by atoms with van der Waals surface area (Å²) >= 11 is 0. The molecule has 96 heavy (non-hydrogen) atoms. The third-order valence-electron chi connectivity index (χ3n) is 18.5. The lowest BCUT2D eigenvalue weighted by molar-refractivity contribution is -0.401. The van der Waals surface area contributed by atoms with Crippen molar-refractivity contribution in [1.29, 1.82) is 0 Å². The fourth-order valence-corrected chi connectivity index (χ4v) is 12.8. The van der Waals surface area contributed by atoms with Gasteiger partial charge in [-0.15, -0.1) is 0 Å². The van der Waals surface area contributed by atoms with Crippen molar-refractivity contribution in [3.05, 3.63) is 12.2 Å². The predicted octanol–water partition coefficient (Wildman–Crippen LogP) is 1.13. The Hall–Kier alpha value is -3.22. The maximum atomic E-state index is 13.6. The lowest BCUT2D eigenvalue weighted by atomic mass is 9.88. The summed E-state index contributed by atoms with van der Waals surface area (Å²) in [5.74, 6) is -7.36. The van der Waals surface area contributed by atoms with E-state index in [4.69, 9.17) is 37.9 Å². The van der Waals surface area contributed by atoms with Crippen molar-refractivity contribution in [1.82, 2.24) is 16.0 Å². The quantitative estimate of drug-likeness (QED) is 0.0300. The largest absolute Gasteiger partial charge is 0.477 e. The van der Waals surface area contributed by atoms with Gasteiger partial charge in [0.2, 0.25) is 17.7 Å².